The van der Waals surface area contributed by atoms with Crippen molar-refractivity contribution in [2.75, 3.05) is 13.2 Å². The average molecular weight is 274 g/mol. The molecular weight excluding hydrogens is 257 g/mol. The van der Waals surface area contributed by atoms with Gasteiger partial charge in [0.05, 0.1) is 13.0 Å². The number of rotatable bonds is 5. The fourth-order valence-electron chi connectivity index (χ4n) is 1.69. The molecule has 1 aromatic rings. The van der Waals surface area contributed by atoms with E-state index in [4.69, 9.17) is 4.74 Å². The first kappa shape index (κ1) is 15.7. The molecule has 1 rings (SSSR count). The number of Topliss-reactive ketones (excluding diaryl/α,β-unsaturated/α-hetero) is 1. The van der Waals surface area contributed by atoms with Crippen LogP contribution in [0.15, 0.2) is 12.1 Å². The van der Waals surface area contributed by atoms with E-state index in [9.17, 15) is 18.0 Å². The van der Waals surface area contributed by atoms with Crippen molar-refractivity contribution >= 4 is 5.78 Å². The second-order valence-electron chi connectivity index (χ2n) is 4.59. The minimum absolute atomic E-state index is 0.289. The molecule has 0 fully saturated rings. The van der Waals surface area contributed by atoms with Gasteiger partial charge in [-0.25, -0.2) is 0 Å². The molecule has 5 heteroatoms. The molecule has 0 aliphatic rings. The van der Waals surface area contributed by atoms with Crippen LogP contribution in [0.25, 0.3) is 0 Å². The van der Waals surface area contributed by atoms with Gasteiger partial charge in [-0.2, -0.15) is 13.2 Å². The van der Waals surface area contributed by atoms with Crippen molar-refractivity contribution in [3.63, 3.8) is 0 Å². The Morgan fingerprint density at radius 3 is 2.26 bits per heavy atom. The molecule has 0 aliphatic carbocycles. The molecule has 0 atom stereocenters. The van der Waals surface area contributed by atoms with Crippen molar-refractivity contribution in [1.82, 2.24) is 0 Å². The summed E-state index contributed by atoms with van der Waals surface area (Å²) in [5, 5.41) is 0. The zero-order chi connectivity index (χ0) is 14.6. The van der Waals surface area contributed by atoms with Gasteiger partial charge in [0.2, 0.25) is 0 Å². The lowest BCUT2D eigenvalue weighted by atomic mass is 9.98. The highest BCUT2D eigenvalue weighted by Gasteiger charge is 2.26. The summed E-state index contributed by atoms with van der Waals surface area (Å²) in [5.74, 6) is -0.289. The normalized spacial score (nSPS) is 11.7. The van der Waals surface area contributed by atoms with Gasteiger partial charge < -0.3 is 4.74 Å². The molecule has 0 N–H and O–H groups in total. The van der Waals surface area contributed by atoms with Crippen LogP contribution in [-0.2, 0) is 4.74 Å². The van der Waals surface area contributed by atoms with Gasteiger partial charge in [-0.15, -0.1) is 0 Å². The van der Waals surface area contributed by atoms with Gasteiger partial charge in [0.1, 0.15) is 6.61 Å². The van der Waals surface area contributed by atoms with Crippen LogP contribution in [0.2, 0.25) is 0 Å². The minimum Gasteiger partial charge on any atom is -0.373 e. The van der Waals surface area contributed by atoms with Crippen LogP contribution < -0.4 is 0 Å². The first-order chi connectivity index (χ1) is 8.70. The van der Waals surface area contributed by atoms with Crippen molar-refractivity contribution < 1.29 is 22.7 Å². The van der Waals surface area contributed by atoms with Gasteiger partial charge in [-0.1, -0.05) is 6.07 Å². The molecule has 0 heterocycles. The maximum atomic E-state index is 11.9. The summed E-state index contributed by atoms with van der Waals surface area (Å²) in [7, 11) is 0. The third-order valence-electron chi connectivity index (χ3n) is 2.90. The summed E-state index contributed by atoms with van der Waals surface area (Å²) in [6.07, 6.45) is -5.29. The number of hydrogen-bond donors (Lipinski definition) is 0. The van der Waals surface area contributed by atoms with Gasteiger partial charge in [0, 0.05) is 5.56 Å². The monoisotopic (exact) mass is 274 g/mol. The molecular formula is C14H17F3O2. The van der Waals surface area contributed by atoms with E-state index < -0.39 is 19.2 Å². The maximum absolute atomic E-state index is 11.9. The Bertz CT molecular complexity index is 464. The third kappa shape index (κ3) is 5.03. The van der Waals surface area contributed by atoms with Crippen LogP contribution in [0.4, 0.5) is 13.2 Å². The fraction of sp³-hybridized carbons (Fsp3) is 0.500. The Hall–Kier alpha value is -1.36. The van der Waals surface area contributed by atoms with Crippen LogP contribution in [0.3, 0.4) is 0 Å². The van der Waals surface area contributed by atoms with E-state index in [1.807, 2.05) is 19.9 Å². The SMILES string of the molecule is Cc1cc(C)c(C(=O)COCCC(F)(F)F)cc1C. The number of ketones is 1. The third-order valence-corrected chi connectivity index (χ3v) is 2.90. The number of carbonyl (C=O) groups is 1. The smallest absolute Gasteiger partial charge is 0.373 e. The molecule has 0 aliphatic heterocycles. The number of aryl methyl sites for hydroxylation is 3. The summed E-state index contributed by atoms with van der Waals surface area (Å²) >= 11 is 0. The lowest BCUT2D eigenvalue weighted by Crippen LogP contribution is -2.16. The lowest BCUT2D eigenvalue weighted by Gasteiger charge is -2.10. The van der Waals surface area contributed by atoms with E-state index in [0.717, 1.165) is 16.7 Å². The second-order valence-corrected chi connectivity index (χ2v) is 4.59. The molecule has 19 heavy (non-hydrogen) atoms. The van der Waals surface area contributed by atoms with Crippen molar-refractivity contribution in [3.8, 4) is 0 Å². The van der Waals surface area contributed by atoms with E-state index in [-0.39, 0.29) is 12.4 Å². The molecule has 0 aromatic heterocycles. The van der Waals surface area contributed by atoms with Crippen LogP contribution >= 0.6 is 0 Å². The number of carbonyl (C=O) groups excluding carboxylic acids is 1. The number of hydrogen-bond acceptors (Lipinski definition) is 2. The zero-order valence-electron chi connectivity index (χ0n) is 11.2. The first-order valence-corrected chi connectivity index (χ1v) is 5.96. The topological polar surface area (TPSA) is 26.3 Å². The van der Waals surface area contributed by atoms with Gasteiger partial charge in [-0.05, 0) is 43.5 Å². The van der Waals surface area contributed by atoms with E-state index in [0.29, 0.717) is 5.56 Å². The van der Waals surface area contributed by atoms with Crippen LogP contribution in [0.1, 0.15) is 33.5 Å². The Morgan fingerprint density at radius 1 is 1.11 bits per heavy atom. The van der Waals surface area contributed by atoms with E-state index in [1.165, 1.54) is 0 Å². The summed E-state index contributed by atoms with van der Waals surface area (Å²) in [6.45, 7) is 4.82. The average Bonchev–Trinajstić information content (AvgIpc) is 2.28. The van der Waals surface area contributed by atoms with Crippen LogP contribution in [0, 0.1) is 20.8 Å². The van der Waals surface area contributed by atoms with Crippen LogP contribution in [-0.4, -0.2) is 25.2 Å². The zero-order valence-corrected chi connectivity index (χ0v) is 11.2. The Labute approximate surface area is 110 Å². The first-order valence-electron chi connectivity index (χ1n) is 5.96. The van der Waals surface area contributed by atoms with Crippen molar-refractivity contribution in [1.29, 1.82) is 0 Å². The Balaban J connectivity index is 2.57. The molecule has 0 saturated carbocycles. The molecule has 0 unspecified atom stereocenters. The summed E-state index contributed by atoms with van der Waals surface area (Å²) in [6, 6.07) is 3.64. The molecule has 1 aromatic carbocycles. The molecule has 106 valence electrons. The van der Waals surface area contributed by atoms with E-state index in [2.05, 4.69) is 0 Å². The van der Waals surface area contributed by atoms with Crippen molar-refractivity contribution in [2.45, 2.75) is 33.4 Å². The van der Waals surface area contributed by atoms with Crippen LogP contribution in [0.5, 0.6) is 0 Å². The van der Waals surface area contributed by atoms with Gasteiger partial charge in [0.15, 0.2) is 5.78 Å². The van der Waals surface area contributed by atoms with E-state index >= 15 is 0 Å². The second kappa shape index (κ2) is 6.19. The highest BCUT2D eigenvalue weighted by atomic mass is 19.4. The number of halogens is 3. The molecule has 0 spiro atoms. The number of alkyl halides is 3. The summed E-state index contributed by atoms with van der Waals surface area (Å²) in [4.78, 5) is 11.8. The van der Waals surface area contributed by atoms with Crippen molar-refractivity contribution in [2.24, 2.45) is 0 Å². The number of benzene rings is 1. The molecule has 0 saturated heterocycles. The minimum atomic E-state index is -4.25. The number of ether oxygens (including phenoxy) is 1. The Kier molecular flexibility index (Phi) is 5.11. The summed E-state index contributed by atoms with van der Waals surface area (Å²) in [5.41, 5.74) is 3.37. The predicted octanol–water partition coefficient (Wildman–Crippen LogP) is 3.76. The molecule has 0 amide bonds. The van der Waals surface area contributed by atoms with Crippen molar-refractivity contribution in [3.05, 3.63) is 34.4 Å². The highest BCUT2D eigenvalue weighted by molar-refractivity contribution is 5.98. The largest absolute Gasteiger partial charge is 0.391 e. The van der Waals surface area contributed by atoms with Gasteiger partial charge in [0.25, 0.3) is 0 Å². The van der Waals surface area contributed by atoms with Gasteiger partial charge in [-0.3, -0.25) is 4.79 Å². The molecule has 2 nitrogen and oxygen atoms in total. The van der Waals surface area contributed by atoms with E-state index in [1.54, 1.807) is 13.0 Å². The highest BCUT2D eigenvalue weighted by Crippen LogP contribution is 2.19. The molecule has 0 radical (unpaired) electrons. The lowest BCUT2D eigenvalue weighted by molar-refractivity contribution is -0.144. The quantitative estimate of drug-likeness (QED) is 0.603. The summed E-state index contributed by atoms with van der Waals surface area (Å²) < 4.78 is 40.5. The fourth-order valence-corrected chi connectivity index (χ4v) is 1.69. The van der Waals surface area contributed by atoms with Gasteiger partial charge >= 0.3 is 6.18 Å². The predicted molar refractivity (Wildman–Crippen MR) is 66.5 cm³/mol. The molecule has 0 bridgehead atoms. The maximum Gasteiger partial charge on any atom is 0.391 e. The Morgan fingerprint density at radius 2 is 1.68 bits per heavy atom. The standard InChI is InChI=1S/C14H17F3O2/c1-9-6-11(3)12(7-10(9)2)13(18)8-19-5-4-14(15,16)17/h6-7H,4-5,8H2,1-3H3.